The van der Waals surface area contributed by atoms with E-state index < -0.39 is 5.91 Å². The van der Waals surface area contributed by atoms with Crippen LogP contribution < -0.4 is 5.32 Å². The summed E-state index contributed by atoms with van der Waals surface area (Å²) in [6.07, 6.45) is 10.9. The number of allylic oxidation sites excluding steroid dienone is 4. The van der Waals surface area contributed by atoms with Crippen LogP contribution in [-0.4, -0.2) is 23.5 Å². The van der Waals surface area contributed by atoms with Crippen LogP contribution in [0.2, 0.25) is 0 Å². The predicted molar refractivity (Wildman–Crippen MR) is 47.7 cm³/mol. The van der Waals surface area contributed by atoms with Crippen molar-refractivity contribution in [1.82, 2.24) is 5.32 Å². The summed E-state index contributed by atoms with van der Waals surface area (Å²) in [4.78, 5) is 13.4. The van der Waals surface area contributed by atoms with Gasteiger partial charge in [-0.3, -0.25) is 4.79 Å². The molecule has 4 heteroatoms. The van der Waals surface area contributed by atoms with Crippen molar-refractivity contribution in [2.24, 2.45) is 0 Å². The van der Waals surface area contributed by atoms with Gasteiger partial charge in [-0.05, 0) is 0 Å². The van der Waals surface area contributed by atoms with Crippen molar-refractivity contribution in [3.05, 3.63) is 41.5 Å². The number of nitrogens with one attached hydrogen (secondary N) is 1. The summed E-state index contributed by atoms with van der Waals surface area (Å²) >= 11 is 0. The lowest BCUT2D eigenvalue weighted by Crippen LogP contribution is -2.26. The summed E-state index contributed by atoms with van der Waals surface area (Å²) in [7, 11) is 0. The van der Waals surface area contributed by atoms with Crippen molar-refractivity contribution in [1.29, 1.82) is 0 Å². The molecular weight excluding hydrogens is 166 g/mol. The van der Waals surface area contributed by atoms with Gasteiger partial charge in [0.1, 0.15) is 12.2 Å². The van der Waals surface area contributed by atoms with E-state index in [9.17, 15) is 4.79 Å². The van der Waals surface area contributed by atoms with Crippen molar-refractivity contribution >= 4 is 12.1 Å². The molecule has 4 nitrogen and oxygen atoms in total. The first-order valence-electron chi connectivity index (χ1n) is 3.73. The van der Waals surface area contributed by atoms with Crippen LogP contribution in [0.5, 0.6) is 0 Å². The van der Waals surface area contributed by atoms with Crippen molar-refractivity contribution in [2.75, 3.05) is 6.54 Å². The molecule has 64 valence electrons. The number of nitrogens with zero attached hydrogens (tertiary/aromatic N) is 2. The second-order valence-corrected chi connectivity index (χ2v) is 2.37. The summed E-state index contributed by atoms with van der Waals surface area (Å²) < 4.78 is 0. The third-order valence-corrected chi connectivity index (χ3v) is 1.41. The standard InChI is InChI=1S/C9H7N3O/c10-12-7-9(13)11-6-8-4-2-1-3-5-8/h1-2,4-5,7H,6H2/p+1. The maximum atomic E-state index is 10.8. The number of rotatable bonds is 3. The van der Waals surface area contributed by atoms with Gasteiger partial charge in [0.05, 0.1) is 18.2 Å². The molecule has 1 N–H and O–H groups in total. The van der Waals surface area contributed by atoms with E-state index in [1.54, 1.807) is 12.2 Å². The zero-order chi connectivity index (χ0) is 9.52. The molecule has 0 unspecified atom stereocenters. The fraction of sp³-hybridized carbons (Fsp3) is 0.111. The average Bonchev–Trinajstić information content (AvgIpc) is 2.17. The molecule has 0 aliphatic heterocycles. The van der Waals surface area contributed by atoms with Crippen LogP contribution in [0.4, 0.5) is 0 Å². The Morgan fingerprint density at radius 3 is 3.23 bits per heavy atom. The maximum Gasteiger partial charge on any atom is 0.344 e. The van der Waals surface area contributed by atoms with Gasteiger partial charge < -0.3 is 10.8 Å². The highest BCUT2D eigenvalue weighted by Crippen LogP contribution is 2.00. The molecule has 0 aromatic carbocycles. The van der Waals surface area contributed by atoms with Gasteiger partial charge in [-0.2, -0.15) is 4.79 Å². The third kappa shape index (κ3) is 3.25. The van der Waals surface area contributed by atoms with Gasteiger partial charge in [0.2, 0.25) is 0 Å². The highest BCUT2D eigenvalue weighted by atomic mass is 16.1. The Morgan fingerprint density at radius 1 is 1.77 bits per heavy atom. The van der Waals surface area contributed by atoms with E-state index in [0.717, 1.165) is 11.8 Å². The molecule has 0 atom stereocenters. The van der Waals surface area contributed by atoms with E-state index >= 15 is 0 Å². The first-order chi connectivity index (χ1) is 6.33. The average molecular weight is 174 g/mol. The quantitative estimate of drug-likeness (QED) is 0.283. The number of carbonyl (C=O) groups excluding carboxylic acids is 1. The monoisotopic (exact) mass is 174 g/mol. The molecule has 0 bridgehead atoms. The zero-order valence-electron chi connectivity index (χ0n) is 6.90. The third-order valence-electron chi connectivity index (χ3n) is 1.41. The van der Waals surface area contributed by atoms with E-state index in [0.29, 0.717) is 6.54 Å². The molecular formula is C9H8N3O+. The Morgan fingerprint density at radius 2 is 2.62 bits per heavy atom. The first-order valence-corrected chi connectivity index (χ1v) is 3.73. The Bertz CT molecular complexity index is 333. The topological polar surface area (TPSA) is 65.5 Å². The summed E-state index contributed by atoms with van der Waals surface area (Å²) in [6, 6.07) is 0. The Balaban J connectivity index is 2.39. The fourth-order valence-corrected chi connectivity index (χ4v) is 0.828. The SMILES string of the molecule is [N-]=[N+]=CC(=O)NCC1=CC=C[C+]=C1. The van der Waals surface area contributed by atoms with Crippen LogP contribution in [0, 0.1) is 6.08 Å². The summed E-state index contributed by atoms with van der Waals surface area (Å²) in [5.41, 5.74) is 8.98. The minimum absolute atomic E-state index is 0.405. The summed E-state index contributed by atoms with van der Waals surface area (Å²) in [6.45, 7) is 0.405. The van der Waals surface area contributed by atoms with Crippen molar-refractivity contribution in [2.45, 2.75) is 0 Å². The highest BCUT2D eigenvalue weighted by Gasteiger charge is 2.06. The van der Waals surface area contributed by atoms with Gasteiger partial charge in [-0.25, -0.2) is 0 Å². The molecule has 1 aliphatic carbocycles. The Hall–Kier alpha value is -2.02. The maximum absolute atomic E-state index is 10.8. The van der Waals surface area contributed by atoms with E-state index in [4.69, 9.17) is 5.53 Å². The zero-order valence-corrected chi connectivity index (χ0v) is 6.90. The van der Waals surface area contributed by atoms with Crippen LogP contribution >= 0.6 is 0 Å². The molecule has 1 amide bonds. The Kier molecular flexibility index (Phi) is 3.33. The van der Waals surface area contributed by atoms with Crippen LogP contribution in [-0.2, 0) is 4.79 Å². The molecule has 1 rings (SSSR count). The molecule has 0 fully saturated rings. The normalized spacial score (nSPS) is 12.5. The van der Waals surface area contributed by atoms with E-state index in [2.05, 4.69) is 16.2 Å². The number of amides is 1. The van der Waals surface area contributed by atoms with E-state index in [1.807, 2.05) is 12.2 Å². The van der Waals surface area contributed by atoms with Gasteiger partial charge in [0, 0.05) is 12.2 Å². The number of hydrogen-bond donors (Lipinski definition) is 1. The van der Waals surface area contributed by atoms with E-state index in [1.165, 1.54) is 0 Å². The molecule has 0 radical (unpaired) electrons. The molecule has 0 saturated heterocycles. The van der Waals surface area contributed by atoms with Gasteiger partial charge >= 0.3 is 12.1 Å². The molecule has 0 spiro atoms. The summed E-state index contributed by atoms with van der Waals surface area (Å²) in [5.74, 6) is -0.425. The fourth-order valence-electron chi connectivity index (χ4n) is 0.828. The van der Waals surface area contributed by atoms with Crippen molar-refractivity contribution in [3.8, 4) is 0 Å². The van der Waals surface area contributed by atoms with Gasteiger partial charge in [0.15, 0.2) is 0 Å². The molecule has 0 heterocycles. The Labute approximate surface area is 75.9 Å². The van der Waals surface area contributed by atoms with E-state index in [-0.39, 0.29) is 0 Å². The molecule has 13 heavy (non-hydrogen) atoms. The van der Waals surface area contributed by atoms with Crippen LogP contribution in [0.1, 0.15) is 0 Å². The van der Waals surface area contributed by atoms with Crippen molar-refractivity contribution in [3.63, 3.8) is 0 Å². The lowest BCUT2D eigenvalue weighted by atomic mass is 10.1. The van der Waals surface area contributed by atoms with Crippen LogP contribution in [0.15, 0.2) is 29.9 Å². The largest absolute Gasteiger partial charge is 0.361 e. The molecule has 0 aromatic rings. The van der Waals surface area contributed by atoms with Crippen molar-refractivity contribution < 1.29 is 9.58 Å². The van der Waals surface area contributed by atoms with Gasteiger partial charge in [-0.1, -0.05) is 0 Å². The molecule has 1 aliphatic rings. The lowest BCUT2D eigenvalue weighted by molar-refractivity contribution is -0.117. The highest BCUT2D eigenvalue weighted by molar-refractivity contribution is 6.23. The molecule has 0 aromatic heterocycles. The van der Waals surface area contributed by atoms with Gasteiger partial charge in [0.25, 0.3) is 0 Å². The smallest absolute Gasteiger partial charge is 0.344 e. The van der Waals surface area contributed by atoms with Crippen LogP contribution in [0.25, 0.3) is 5.53 Å². The number of hydrogen-bond acceptors (Lipinski definition) is 1. The first kappa shape index (κ1) is 9.07. The second kappa shape index (κ2) is 4.78. The van der Waals surface area contributed by atoms with Crippen LogP contribution in [0.3, 0.4) is 0 Å². The summed E-state index contributed by atoms with van der Waals surface area (Å²) in [5, 5.41) is 2.53. The minimum Gasteiger partial charge on any atom is -0.361 e. The second-order valence-electron chi connectivity index (χ2n) is 2.37. The molecule has 0 saturated carbocycles. The number of carbonyl (C=O) groups is 1. The lowest BCUT2D eigenvalue weighted by Gasteiger charge is -1.95. The predicted octanol–water partition coefficient (Wildman–Crippen LogP) is 0.259. The van der Waals surface area contributed by atoms with Gasteiger partial charge in [-0.15, -0.1) is 0 Å². The minimum atomic E-state index is -0.425.